The molecule has 0 atom stereocenters. The van der Waals surface area contributed by atoms with Gasteiger partial charge in [0.1, 0.15) is 5.82 Å². The van der Waals surface area contributed by atoms with Gasteiger partial charge in [-0.15, -0.1) is 11.3 Å². The number of ether oxygens (including phenoxy) is 2. The second kappa shape index (κ2) is 8.08. The van der Waals surface area contributed by atoms with Crippen LogP contribution in [0.3, 0.4) is 0 Å². The summed E-state index contributed by atoms with van der Waals surface area (Å²) in [6, 6.07) is 1.06. The highest BCUT2D eigenvalue weighted by Crippen LogP contribution is 2.40. The number of thiophene rings is 1. The van der Waals surface area contributed by atoms with Gasteiger partial charge in [-0.2, -0.15) is 13.2 Å². The molecule has 1 saturated heterocycles. The lowest BCUT2D eigenvalue weighted by molar-refractivity contribution is -0.136. The molecule has 158 valence electrons. The number of nitrogens with one attached hydrogen (secondary N) is 1. The minimum Gasteiger partial charge on any atom is -0.379 e. The van der Waals surface area contributed by atoms with Gasteiger partial charge in [0.2, 0.25) is 0 Å². The van der Waals surface area contributed by atoms with Gasteiger partial charge in [-0.1, -0.05) is 0 Å². The normalized spacial score (nSPS) is 17.6. The third kappa shape index (κ3) is 4.49. The molecule has 0 radical (unpaired) electrons. The molecule has 1 amide bonds. The number of aromatic nitrogens is 1. The van der Waals surface area contributed by atoms with Gasteiger partial charge in [-0.05, 0) is 24.8 Å². The van der Waals surface area contributed by atoms with Crippen molar-refractivity contribution in [3.63, 3.8) is 0 Å². The number of nitrogens with zero attached hydrogens (tertiary/aromatic N) is 2. The Kier molecular flexibility index (Phi) is 5.67. The van der Waals surface area contributed by atoms with Gasteiger partial charge in [0.15, 0.2) is 0 Å². The van der Waals surface area contributed by atoms with E-state index < -0.39 is 17.6 Å². The second-order valence-corrected chi connectivity index (χ2v) is 8.23. The van der Waals surface area contributed by atoms with Crippen LogP contribution in [0.15, 0.2) is 11.4 Å². The molecule has 6 nitrogen and oxygen atoms in total. The molecule has 3 heterocycles. The molecule has 1 aliphatic carbocycles. The van der Waals surface area contributed by atoms with Crippen LogP contribution >= 0.6 is 11.3 Å². The zero-order valence-electron chi connectivity index (χ0n) is 15.9. The number of rotatable bonds is 8. The van der Waals surface area contributed by atoms with E-state index in [4.69, 9.17) is 9.47 Å². The van der Waals surface area contributed by atoms with E-state index in [1.807, 2.05) is 0 Å². The van der Waals surface area contributed by atoms with Crippen molar-refractivity contribution in [1.29, 1.82) is 0 Å². The summed E-state index contributed by atoms with van der Waals surface area (Å²) in [6.45, 7) is 2.69. The Balaban J connectivity index is 1.44. The quantitative estimate of drug-likeness (QED) is 0.653. The van der Waals surface area contributed by atoms with Crippen LogP contribution in [0.25, 0.3) is 10.2 Å². The number of carbonyl (C=O) groups is 1. The Bertz CT molecular complexity index is 892. The first-order valence-electron chi connectivity index (χ1n) is 9.52. The van der Waals surface area contributed by atoms with Crippen molar-refractivity contribution in [2.24, 2.45) is 5.92 Å². The van der Waals surface area contributed by atoms with E-state index in [0.717, 1.165) is 24.0 Å². The number of carbonyl (C=O) groups excluding carboxylic acids is 1. The minimum absolute atomic E-state index is 0.0269. The third-order valence-electron chi connectivity index (χ3n) is 5.09. The third-order valence-corrected chi connectivity index (χ3v) is 6.09. The molecule has 2 aromatic heterocycles. The number of fused-ring (bicyclic) bond motifs is 1. The zero-order valence-corrected chi connectivity index (χ0v) is 16.7. The van der Waals surface area contributed by atoms with Crippen molar-refractivity contribution >= 4 is 33.3 Å². The fourth-order valence-corrected chi connectivity index (χ4v) is 4.23. The van der Waals surface area contributed by atoms with E-state index in [1.54, 1.807) is 4.90 Å². The van der Waals surface area contributed by atoms with Crippen LogP contribution in [0.2, 0.25) is 0 Å². The van der Waals surface area contributed by atoms with Gasteiger partial charge in [0.25, 0.3) is 5.91 Å². The minimum atomic E-state index is -4.53. The lowest BCUT2D eigenvalue weighted by atomic mass is 10.1. The van der Waals surface area contributed by atoms with E-state index in [1.165, 1.54) is 25.3 Å². The van der Waals surface area contributed by atoms with Crippen LogP contribution < -0.4 is 10.2 Å². The smallest absolute Gasteiger partial charge is 0.379 e. The standard InChI is InChI=1S/C19H22F3N3O3S/c1-23-18(26)13-10-29-17-14(19(20,21)22)6-15(24-16(13)17)25-7-12(8-25)28-5-4-27-9-11-2-3-11/h6,10-12H,2-5,7-9H2,1H3,(H,23,26). The summed E-state index contributed by atoms with van der Waals surface area (Å²) >= 11 is 0.879. The van der Waals surface area contributed by atoms with Crippen molar-refractivity contribution in [2.75, 3.05) is 44.9 Å². The largest absolute Gasteiger partial charge is 0.417 e. The van der Waals surface area contributed by atoms with E-state index in [0.29, 0.717) is 32.2 Å². The molecular formula is C19H22F3N3O3S. The average molecular weight is 429 g/mol. The Morgan fingerprint density at radius 2 is 2.10 bits per heavy atom. The lowest BCUT2D eigenvalue weighted by Gasteiger charge is -2.40. The lowest BCUT2D eigenvalue weighted by Crippen LogP contribution is -2.53. The molecule has 2 aliphatic rings. The fraction of sp³-hybridized carbons (Fsp3) is 0.579. The number of pyridine rings is 1. The Morgan fingerprint density at radius 3 is 2.76 bits per heavy atom. The molecule has 0 aromatic carbocycles. The van der Waals surface area contributed by atoms with Crippen molar-refractivity contribution in [2.45, 2.75) is 25.1 Å². The molecule has 10 heteroatoms. The highest BCUT2D eigenvalue weighted by Gasteiger charge is 2.37. The summed E-state index contributed by atoms with van der Waals surface area (Å²) < 4.78 is 51.9. The summed E-state index contributed by atoms with van der Waals surface area (Å²) in [5, 5.41) is 3.86. The maximum Gasteiger partial charge on any atom is 0.417 e. The highest BCUT2D eigenvalue weighted by molar-refractivity contribution is 7.17. The zero-order chi connectivity index (χ0) is 20.6. The van der Waals surface area contributed by atoms with E-state index in [9.17, 15) is 18.0 Å². The van der Waals surface area contributed by atoms with Gasteiger partial charge in [0.05, 0.1) is 40.7 Å². The Hall–Kier alpha value is -1.91. The first-order valence-corrected chi connectivity index (χ1v) is 10.4. The molecule has 0 bridgehead atoms. The van der Waals surface area contributed by atoms with Crippen LogP contribution in [-0.2, 0) is 15.7 Å². The highest BCUT2D eigenvalue weighted by atomic mass is 32.1. The van der Waals surface area contributed by atoms with Gasteiger partial charge in [-0.25, -0.2) is 4.98 Å². The first kappa shape index (κ1) is 20.4. The fourth-order valence-electron chi connectivity index (χ4n) is 3.20. The number of anilines is 1. The number of hydrogen-bond donors (Lipinski definition) is 1. The summed E-state index contributed by atoms with van der Waals surface area (Å²) in [4.78, 5) is 18.1. The molecule has 4 rings (SSSR count). The molecule has 29 heavy (non-hydrogen) atoms. The van der Waals surface area contributed by atoms with Gasteiger partial charge in [0, 0.05) is 32.1 Å². The van der Waals surface area contributed by atoms with Crippen molar-refractivity contribution in [3.05, 3.63) is 22.6 Å². The van der Waals surface area contributed by atoms with Gasteiger partial charge < -0.3 is 19.7 Å². The molecule has 1 saturated carbocycles. The molecule has 2 fully saturated rings. The second-order valence-electron chi connectivity index (χ2n) is 7.35. The van der Waals surface area contributed by atoms with Crippen LogP contribution in [-0.4, -0.2) is 57.0 Å². The number of halogens is 3. The van der Waals surface area contributed by atoms with Crippen molar-refractivity contribution in [1.82, 2.24) is 10.3 Å². The number of amides is 1. The number of alkyl halides is 3. The molecular weight excluding hydrogens is 407 g/mol. The molecule has 2 aromatic rings. The van der Waals surface area contributed by atoms with E-state index >= 15 is 0 Å². The molecule has 1 N–H and O–H groups in total. The Labute approximate surface area is 170 Å². The SMILES string of the molecule is CNC(=O)c1csc2c(C(F)(F)F)cc(N3CC(OCCOCC4CC4)C3)nc12. The van der Waals surface area contributed by atoms with E-state index in [-0.39, 0.29) is 27.7 Å². The molecule has 0 spiro atoms. The summed E-state index contributed by atoms with van der Waals surface area (Å²) in [5.41, 5.74) is -0.534. The van der Waals surface area contributed by atoms with Crippen LogP contribution in [0, 0.1) is 5.92 Å². The predicted molar refractivity (Wildman–Crippen MR) is 104 cm³/mol. The van der Waals surface area contributed by atoms with Crippen molar-refractivity contribution < 1.29 is 27.4 Å². The summed E-state index contributed by atoms with van der Waals surface area (Å²) in [7, 11) is 1.44. The average Bonchev–Trinajstić information content (AvgIpc) is 3.37. The monoisotopic (exact) mass is 429 g/mol. The number of hydrogen-bond acceptors (Lipinski definition) is 6. The van der Waals surface area contributed by atoms with Gasteiger partial charge >= 0.3 is 6.18 Å². The Morgan fingerprint density at radius 1 is 1.34 bits per heavy atom. The maximum atomic E-state index is 13.6. The first-order chi connectivity index (χ1) is 13.9. The summed E-state index contributed by atoms with van der Waals surface area (Å²) in [6.07, 6.45) is -2.11. The van der Waals surface area contributed by atoms with Crippen LogP contribution in [0.1, 0.15) is 28.8 Å². The topological polar surface area (TPSA) is 63.7 Å². The van der Waals surface area contributed by atoms with Crippen molar-refractivity contribution in [3.8, 4) is 0 Å². The van der Waals surface area contributed by atoms with E-state index in [2.05, 4.69) is 10.3 Å². The molecule has 0 unspecified atom stereocenters. The predicted octanol–water partition coefficient (Wildman–Crippen LogP) is 3.31. The van der Waals surface area contributed by atoms with Gasteiger partial charge in [-0.3, -0.25) is 4.79 Å². The van der Waals surface area contributed by atoms with Crippen LogP contribution in [0.4, 0.5) is 19.0 Å². The molecule has 1 aliphatic heterocycles. The maximum absolute atomic E-state index is 13.6. The summed E-state index contributed by atoms with van der Waals surface area (Å²) in [5.74, 6) is 0.457. The van der Waals surface area contributed by atoms with Crippen LogP contribution in [0.5, 0.6) is 0 Å².